The number of rotatable bonds is 6. The van der Waals surface area contributed by atoms with Gasteiger partial charge in [-0.25, -0.2) is 4.79 Å². The van der Waals surface area contributed by atoms with E-state index in [4.69, 9.17) is 9.57 Å². The van der Waals surface area contributed by atoms with Crippen LogP contribution >= 0.6 is 0 Å². The molecule has 0 saturated heterocycles. The molecule has 3 aromatic rings. The third-order valence-electron chi connectivity index (χ3n) is 5.69. The van der Waals surface area contributed by atoms with E-state index in [1.54, 1.807) is 9.58 Å². The van der Waals surface area contributed by atoms with E-state index >= 15 is 0 Å². The van der Waals surface area contributed by atoms with Crippen molar-refractivity contribution in [3.63, 3.8) is 0 Å². The molecule has 8 nitrogen and oxygen atoms in total. The number of nitrogens with zero attached hydrogens (tertiary/aromatic N) is 4. The lowest BCUT2D eigenvalue weighted by Crippen LogP contribution is -2.39. The number of amides is 2. The number of hydrogen-bond acceptors (Lipinski definition) is 5. The highest BCUT2D eigenvalue weighted by Crippen LogP contribution is 2.30. The number of ether oxygens (including phenoxy) is 1. The molecule has 0 fully saturated rings. The zero-order chi connectivity index (χ0) is 21.9. The lowest BCUT2D eigenvalue weighted by Gasteiger charge is -2.16. The van der Waals surface area contributed by atoms with Gasteiger partial charge < -0.3 is 19.8 Å². The van der Waals surface area contributed by atoms with Crippen LogP contribution in [-0.4, -0.2) is 45.7 Å². The highest BCUT2D eigenvalue weighted by Gasteiger charge is 2.25. The Morgan fingerprint density at radius 1 is 1.16 bits per heavy atom. The quantitative estimate of drug-likeness (QED) is 0.649. The van der Waals surface area contributed by atoms with Gasteiger partial charge in [0.1, 0.15) is 12.4 Å². The Hall–Kier alpha value is -3.81. The van der Waals surface area contributed by atoms with Gasteiger partial charge in [0, 0.05) is 43.9 Å². The fourth-order valence-corrected chi connectivity index (χ4v) is 4.02. The second-order valence-corrected chi connectivity index (χ2v) is 8.08. The van der Waals surface area contributed by atoms with Crippen molar-refractivity contribution in [1.82, 2.24) is 20.0 Å². The zero-order valence-corrected chi connectivity index (χ0v) is 17.9. The fourth-order valence-electron chi connectivity index (χ4n) is 4.02. The predicted octanol–water partition coefficient (Wildman–Crippen LogP) is 3.34. The van der Waals surface area contributed by atoms with Crippen LogP contribution < -0.4 is 10.1 Å². The first-order valence-corrected chi connectivity index (χ1v) is 10.7. The third kappa shape index (κ3) is 4.30. The number of carbonyl (C=O) groups is 1. The van der Waals surface area contributed by atoms with E-state index in [-0.39, 0.29) is 12.1 Å². The van der Waals surface area contributed by atoms with Crippen molar-refractivity contribution < 1.29 is 14.4 Å². The maximum Gasteiger partial charge on any atom is 0.318 e. The third-order valence-corrected chi connectivity index (χ3v) is 5.69. The second-order valence-electron chi connectivity index (χ2n) is 8.08. The summed E-state index contributed by atoms with van der Waals surface area (Å²) in [7, 11) is 1.89. The van der Waals surface area contributed by atoms with Crippen LogP contribution in [0.25, 0.3) is 11.1 Å². The van der Waals surface area contributed by atoms with Crippen LogP contribution in [-0.2, 0) is 25.0 Å². The number of urea groups is 1. The van der Waals surface area contributed by atoms with Gasteiger partial charge in [-0.1, -0.05) is 47.6 Å². The van der Waals surface area contributed by atoms with Crippen molar-refractivity contribution in [1.29, 1.82) is 0 Å². The van der Waals surface area contributed by atoms with E-state index in [2.05, 4.69) is 27.7 Å². The average Bonchev–Trinajstić information content (AvgIpc) is 3.55. The number of aromatic nitrogens is 2. The molecule has 0 radical (unpaired) electrons. The summed E-state index contributed by atoms with van der Waals surface area (Å²) in [6.07, 6.45) is 4.21. The van der Waals surface area contributed by atoms with Gasteiger partial charge in [0.05, 0.1) is 18.5 Å². The standard InChI is InChI=1S/C24H25N5O3/c1-28-13-19(11-26-28)22-8-4-5-9-23(22)31-16-21-10-20(27-32-21)12-25-24(30)29-14-17-6-2-3-7-18(17)15-29/h2-9,11,13,21H,10,12,14-16H2,1H3,(H,25,30). The Morgan fingerprint density at radius 3 is 2.66 bits per heavy atom. The largest absolute Gasteiger partial charge is 0.489 e. The lowest BCUT2D eigenvalue weighted by molar-refractivity contribution is 0.0472. The molecule has 2 aliphatic rings. The molecule has 1 N–H and O–H groups in total. The summed E-state index contributed by atoms with van der Waals surface area (Å²) in [5.74, 6) is 0.777. The molecule has 2 amide bonds. The number of benzene rings is 2. The Labute approximate surface area is 186 Å². The first-order chi connectivity index (χ1) is 15.7. The van der Waals surface area contributed by atoms with E-state index in [9.17, 15) is 4.79 Å². The highest BCUT2D eigenvalue weighted by atomic mass is 16.7. The molecule has 32 heavy (non-hydrogen) atoms. The van der Waals surface area contributed by atoms with Gasteiger partial charge in [0.2, 0.25) is 0 Å². The van der Waals surface area contributed by atoms with Gasteiger partial charge in [0.25, 0.3) is 0 Å². The molecule has 0 spiro atoms. The SMILES string of the molecule is Cn1cc(-c2ccccc2OCC2CC(CNC(=O)N3Cc4ccccc4C3)=NO2)cn1. The van der Waals surface area contributed by atoms with Crippen LogP contribution in [0.5, 0.6) is 5.75 Å². The Balaban J connectivity index is 1.10. The molecule has 8 heteroatoms. The molecule has 2 aliphatic heterocycles. The molecule has 1 atom stereocenters. The first kappa shape index (κ1) is 20.1. The maximum atomic E-state index is 12.5. The monoisotopic (exact) mass is 431 g/mol. The van der Waals surface area contributed by atoms with Crippen molar-refractivity contribution in [2.24, 2.45) is 12.2 Å². The zero-order valence-electron chi connectivity index (χ0n) is 17.9. The molecule has 0 bridgehead atoms. The number of carbonyl (C=O) groups excluding carboxylic acids is 1. The minimum atomic E-state index is -0.181. The highest BCUT2D eigenvalue weighted by molar-refractivity contribution is 5.90. The van der Waals surface area contributed by atoms with Gasteiger partial charge >= 0.3 is 6.03 Å². The van der Waals surface area contributed by atoms with E-state index in [1.807, 2.05) is 55.8 Å². The summed E-state index contributed by atoms with van der Waals surface area (Å²) in [6.45, 7) is 2.02. The van der Waals surface area contributed by atoms with Crippen LogP contribution in [0.4, 0.5) is 4.79 Å². The number of oxime groups is 1. The molecule has 0 saturated carbocycles. The maximum absolute atomic E-state index is 12.5. The molecular formula is C24H25N5O3. The van der Waals surface area contributed by atoms with Gasteiger partial charge in [-0.15, -0.1) is 0 Å². The number of para-hydroxylation sites is 1. The summed E-state index contributed by atoms with van der Waals surface area (Å²) < 4.78 is 7.81. The van der Waals surface area contributed by atoms with Gasteiger partial charge in [0.15, 0.2) is 6.10 Å². The number of fused-ring (bicyclic) bond motifs is 1. The van der Waals surface area contributed by atoms with Crippen LogP contribution in [0.3, 0.4) is 0 Å². The molecule has 0 aliphatic carbocycles. The number of hydrogen-bond donors (Lipinski definition) is 1. The second kappa shape index (κ2) is 8.74. The fraction of sp³-hybridized carbons (Fsp3) is 0.292. The van der Waals surface area contributed by atoms with Crippen molar-refractivity contribution in [3.8, 4) is 16.9 Å². The van der Waals surface area contributed by atoms with Crippen LogP contribution in [0.15, 0.2) is 66.1 Å². The first-order valence-electron chi connectivity index (χ1n) is 10.7. The lowest BCUT2D eigenvalue weighted by atomic mass is 10.1. The van der Waals surface area contributed by atoms with Gasteiger partial charge in [-0.3, -0.25) is 4.68 Å². The topological polar surface area (TPSA) is 81.0 Å². The molecular weight excluding hydrogens is 406 g/mol. The summed E-state index contributed by atoms with van der Waals surface area (Å²) >= 11 is 0. The Bertz CT molecular complexity index is 1130. The van der Waals surface area contributed by atoms with E-state index in [0.717, 1.165) is 22.6 Å². The Morgan fingerprint density at radius 2 is 1.91 bits per heavy atom. The Kier molecular flexibility index (Phi) is 5.49. The normalized spacial score (nSPS) is 17.0. The molecule has 1 unspecified atom stereocenters. The van der Waals surface area contributed by atoms with Crippen LogP contribution in [0, 0.1) is 0 Å². The van der Waals surface area contributed by atoms with Gasteiger partial charge in [-0.2, -0.15) is 5.10 Å². The van der Waals surface area contributed by atoms with E-state index in [0.29, 0.717) is 32.7 Å². The van der Waals surface area contributed by atoms with Crippen LogP contribution in [0.1, 0.15) is 17.5 Å². The predicted molar refractivity (Wildman–Crippen MR) is 120 cm³/mol. The minimum absolute atomic E-state index is 0.0889. The smallest absolute Gasteiger partial charge is 0.318 e. The van der Waals surface area contributed by atoms with Crippen molar-refractivity contribution in [2.75, 3.05) is 13.2 Å². The molecule has 2 aromatic carbocycles. The average molecular weight is 431 g/mol. The summed E-state index contributed by atoms with van der Waals surface area (Å²) in [5, 5.41) is 11.3. The summed E-state index contributed by atoms with van der Waals surface area (Å²) in [5.41, 5.74) is 5.20. The molecule has 164 valence electrons. The van der Waals surface area contributed by atoms with E-state index in [1.165, 1.54) is 11.1 Å². The van der Waals surface area contributed by atoms with E-state index < -0.39 is 0 Å². The molecule has 3 heterocycles. The number of nitrogens with one attached hydrogen (secondary N) is 1. The van der Waals surface area contributed by atoms with Crippen molar-refractivity contribution >= 4 is 11.7 Å². The summed E-state index contributed by atoms with van der Waals surface area (Å²) in [4.78, 5) is 19.9. The van der Waals surface area contributed by atoms with Crippen molar-refractivity contribution in [2.45, 2.75) is 25.6 Å². The minimum Gasteiger partial charge on any atom is -0.489 e. The molecule has 5 rings (SSSR count). The van der Waals surface area contributed by atoms with Crippen LogP contribution in [0.2, 0.25) is 0 Å². The summed E-state index contributed by atoms with van der Waals surface area (Å²) in [6, 6.07) is 15.9. The number of aryl methyl sites for hydroxylation is 1. The molecule has 1 aromatic heterocycles. The van der Waals surface area contributed by atoms with Crippen molar-refractivity contribution in [3.05, 3.63) is 72.1 Å². The van der Waals surface area contributed by atoms with Gasteiger partial charge in [-0.05, 0) is 17.2 Å².